The number of aromatic nitrogens is 2. The molecule has 0 atom stereocenters. The summed E-state index contributed by atoms with van der Waals surface area (Å²) in [4.78, 5) is 31.5. The second kappa shape index (κ2) is 7.42. The zero-order valence-corrected chi connectivity index (χ0v) is 16.7. The molecule has 3 heterocycles. The highest BCUT2D eigenvalue weighted by atomic mass is 32.1. The molecule has 0 aliphatic heterocycles. The number of allylic oxidation sites excluding steroid dienone is 1. The highest BCUT2D eigenvalue weighted by Crippen LogP contribution is 2.28. The minimum absolute atomic E-state index is 0.0123. The van der Waals surface area contributed by atoms with Crippen molar-refractivity contribution in [2.45, 2.75) is 13.8 Å². The first kappa shape index (κ1) is 19.3. The number of nitrogens with zero attached hydrogens (tertiary/aromatic N) is 3. The molecule has 1 N–H and O–H groups in total. The molecule has 0 fully saturated rings. The molecule has 0 spiro atoms. The molecule has 0 saturated heterocycles. The van der Waals surface area contributed by atoms with Gasteiger partial charge in [-0.05, 0) is 43.7 Å². The summed E-state index contributed by atoms with van der Waals surface area (Å²) in [5.41, 5.74) is 1.40. The normalized spacial score (nSPS) is 11.6. The predicted octanol–water partition coefficient (Wildman–Crippen LogP) is 4.83. The van der Waals surface area contributed by atoms with Gasteiger partial charge in [-0.1, -0.05) is 0 Å². The number of fused-ring (bicyclic) bond motifs is 1. The minimum Gasteiger partial charge on any atom is -0.457 e. The summed E-state index contributed by atoms with van der Waals surface area (Å²) in [7, 11) is 0. The highest BCUT2D eigenvalue weighted by Gasteiger charge is 2.15. The number of nitro benzene ring substituents is 1. The number of H-pyrrole nitrogens is 1. The van der Waals surface area contributed by atoms with E-state index in [0.717, 1.165) is 10.4 Å². The lowest BCUT2D eigenvalue weighted by atomic mass is 10.1. The molecule has 148 valence electrons. The monoisotopic (exact) mass is 418 g/mol. The van der Waals surface area contributed by atoms with Crippen LogP contribution in [0.3, 0.4) is 0 Å². The summed E-state index contributed by atoms with van der Waals surface area (Å²) in [5.74, 6) is 1.06. The lowest BCUT2D eigenvalue weighted by Crippen LogP contribution is -2.10. The predicted molar refractivity (Wildman–Crippen MR) is 114 cm³/mol. The van der Waals surface area contributed by atoms with E-state index >= 15 is 0 Å². The van der Waals surface area contributed by atoms with Gasteiger partial charge in [0.1, 0.15) is 22.4 Å². The lowest BCUT2D eigenvalue weighted by molar-refractivity contribution is -0.384. The smallest absolute Gasteiger partial charge is 0.269 e. The summed E-state index contributed by atoms with van der Waals surface area (Å²) in [6, 6.07) is 11.4. The van der Waals surface area contributed by atoms with Crippen molar-refractivity contribution in [3.63, 3.8) is 0 Å². The standard InChI is InChI=1S/C21H14N4O4S/c1-11-12(2)30-21-18(11)20(26)23-19(24-21)14(10-22)9-16-7-8-17(29-16)13-3-5-15(6-4-13)25(27)28/h3-9H,1-2H3,(H,23,24,26)/b14-9+. The van der Waals surface area contributed by atoms with E-state index < -0.39 is 4.92 Å². The number of aryl methyl sites for hydroxylation is 2. The second-order valence-corrected chi connectivity index (χ2v) is 7.76. The van der Waals surface area contributed by atoms with E-state index in [1.54, 1.807) is 24.3 Å². The Bertz CT molecular complexity index is 1420. The Kier molecular flexibility index (Phi) is 4.77. The van der Waals surface area contributed by atoms with Crippen LogP contribution in [0.5, 0.6) is 0 Å². The number of rotatable bonds is 4. The van der Waals surface area contributed by atoms with Gasteiger partial charge in [-0.2, -0.15) is 5.26 Å². The molecule has 4 rings (SSSR count). The number of hydrogen-bond donors (Lipinski definition) is 1. The molecule has 0 aliphatic carbocycles. The molecular formula is C21H14N4O4S. The van der Waals surface area contributed by atoms with Crippen LogP contribution in [-0.2, 0) is 0 Å². The molecule has 0 bridgehead atoms. The minimum atomic E-state index is -0.472. The summed E-state index contributed by atoms with van der Waals surface area (Å²) < 4.78 is 5.75. The van der Waals surface area contributed by atoms with E-state index in [4.69, 9.17) is 4.42 Å². The molecule has 8 nitrogen and oxygen atoms in total. The number of nitriles is 1. The largest absolute Gasteiger partial charge is 0.457 e. The molecular weight excluding hydrogens is 404 g/mol. The van der Waals surface area contributed by atoms with Gasteiger partial charge in [-0.3, -0.25) is 14.9 Å². The maximum absolute atomic E-state index is 12.5. The first-order valence-electron chi connectivity index (χ1n) is 8.84. The maximum Gasteiger partial charge on any atom is 0.269 e. The SMILES string of the molecule is Cc1sc2nc(/C(C#N)=C/c3ccc(-c4ccc([N+](=O)[O-])cc4)o3)[nH]c(=O)c2c1C. The zero-order chi connectivity index (χ0) is 21.4. The number of hydrogen-bond acceptors (Lipinski definition) is 7. The second-order valence-electron chi connectivity index (χ2n) is 6.55. The molecule has 0 aliphatic rings. The Hall–Kier alpha value is -4.03. The van der Waals surface area contributed by atoms with Crippen molar-refractivity contribution in [3.05, 3.63) is 78.9 Å². The fourth-order valence-corrected chi connectivity index (χ4v) is 4.04. The third-order valence-electron chi connectivity index (χ3n) is 4.69. The quantitative estimate of drug-likeness (QED) is 0.287. The van der Waals surface area contributed by atoms with Crippen LogP contribution in [0, 0.1) is 35.3 Å². The van der Waals surface area contributed by atoms with Crippen molar-refractivity contribution >= 4 is 38.9 Å². The van der Waals surface area contributed by atoms with E-state index in [0.29, 0.717) is 27.3 Å². The van der Waals surface area contributed by atoms with Gasteiger partial charge in [0.05, 0.1) is 15.9 Å². The zero-order valence-electron chi connectivity index (χ0n) is 15.9. The van der Waals surface area contributed by atoms with E-state index in [1.165, 1.54) is 29.5 Å². The third-order valence-corrected chi connectivity index (χ3v) is 5.79. The average molecular weight is 418 g/mol. The van der Waals surface area contributed by atoms with Gasteiger partial charge in [-0.15, -0.1) is 11.3 Å². The van der Waals surface area contributed by atoms with E-state index in [1.807, 2.05) is 19.9 Å². The number of benzene rings is 1. The van der Waals surface area contributed by atoms with Crippen molar-refractivity contribution in [1.82, 2.24) is 9.97 Å². The van der Waals surface area contributed by atoms with Gasteiger partial charge in [0.15, 0.2) is 5.82 Å². The Morgan fingerprint density at radius 1 is 1.27 bits per heavy atom. The number of furan rings is 1. The summed E-state index contributed by atoms with van der Waals surface area (Å²) in [6.45, 7) is 3.79. The van der Waals surface area contributed by atoms with Crippen molar-refractivity contribution in [3.8, 4) is 17.4 Å². The van der Waals surface area contributed by atoms with Crippen LogP contribution in [-0.4, -0.2) is 14.9 Å². The summed E-state index contributed by atoms with van der Waals surface area (Å²) >= 11 is 1.41. The number of non-ortho nitro benzene ring substituents is 1. The van der Waals surface area contributed by atoms with Crippen LogP contribution in [0.4, 0.5) is 5.69 Å². The van der Waals surface area contributed by atoms with E-state index in [-0.39, 0.29) is 22.6 Å². The van der Waals surface area contributed by atoms with Gasteiger partial charge >= 0.3 is 0 Å². The third kappa shape index (κ3) is 3.40. The fourth-order valence-electron chi connectivity index (χ4n) is 3.01. The first-order chi connectivity index (χ1) is 14.4. The van der Waals surface area contributed by atoms with Crippen LogP contribution in [0.25, 0.3) is 33.2 Å². The van der Waals surface area contributed by atoms with Crippen LogP contribution in [0.15, 0.2) is 45.6 Å². The van der Waals surface area contributed by atoms with Crippen LogP contribution < -0.4 is 5.56 Å². The number of nitrogens with one attached hydrogen (secondary N) is 1. The van der Waals surface area contributed by atoms with Crippen LogP contribution >= 0.6 is 11.3 Å². The summed E-state index contributed by atoms with van der Waals surface area (Å²) in [5, 5.41) is 20.9. The molecule has 0 unspecified atom stereocenters. The Morgan fingerprint density at radius 3 is 2.67 bits per heavy atom. The van der Waals surface area contributed by atoms with Gasteiger partial charge < -0.3 is 9.40 Å². The maximum atomic E-state index is 12.5. The van der Waals surface area contributed by atoms with Crippen LogP contribution in [0.2, 0.25) is 0 Å². The van der Waals surface area contributed by atoms with Crippen LogP contribution in [0.1, 0.15) is 22.0 Å². The van der Waals surface area contributed by atoms with Crippen molar-refractivity contribution in [2.24, 2.45) is 0 Å². The highest BCUT2D eigenvalue weighted by molar-refractivity contribution is 7.18. The fraction of sp³-hybridized carbons (Fsp3) is 0.0952. The van der Waals surface area contributed by atoms with Gasteiger partial charge in [0.2, 0.25) is 0 Å². The molecule has 3 aromatic heterocycles. The lowest BCUT2D eigenvalue weighted by Gasteiger charge is -1.99. The molecule has 30 heavy (non-hydrogen) atoms. The average Bonchev–Trinajstić information content (AvgIpc) is 3.30. The Morgan fingerprint density at radius 2 is 2.00 bits per heavy atom. The summed E-state index contributed by atoms with van der Waals surface area (Å²) in [6.07, 6.45) is 1.49. The van der Waals surface area contributed by atoms with E-state index in [9.17, 15) is 20.2 Å². The topological polar surface area (TPSA) is 126 Å². The molecule has 0 radical (unpaired) electrons. The van der Waals surface area contributed by atoms with E-state index in [2.05, 4.69) is 9.97 Å². The molecule has 9 heteroatoms. The number of aromatic amines is 1. The first-order valence-corrected chi connectivity index (χ1v) is 9.66. The Balaban J connectivity index is 1.70. The molecule has 0 saturated carbocycles. The molecule has 4 aromatic rings. The molecule has 0 amide bonds. The Labute approximate surface area is 173 Å². The number of nitro groups is 1. The van der Waals surface area contributed by atoms with Gasteiger partial charge in [0.25, 0.3) is 11.2 Å². The van der Waals surface area contributed by atoms with Crippen molar-refractivity contribution < 1.29 is 9.34 Å². The molecule has 1 aromatic carbocycles. The van der Waals surface area contributed by atoms with Crippen molar-refractivity contribution in [1.29, 1.82) is 5.26 Å². The van der Waals surface area contributed by atoms with Gasteiger partial charge in [-0.25, -0.2) is 4.98 Å². The van der Waals surface area contributed by atoms with Crippen molar-refractivity contribution in [2.75, 3.05) is 0 Å². The number of thiophene rings is 1. The van der Waals surface area contributed by atoms with Gasteiger partial charge in [0, 0.05) is 28.6 Å².